The van der Waals surface area contributed by atoms with Crippen LogP contribution in [0.2, 0.25) is 0 Å². The van der Waals surface area contributed by atoms with Crippen LogP contribution in [0.4, 0.5) is 5.69 Å². The highest BCUT2D eigenvalue weighted by molar-refractivity contribution is 6.04. The van der Waals surface area contributed by atoms with Gasteiger partial charge in [-0.2, -0.15) is 9.50 Å². The molecule has 8 heteroatoms. The van der Waals surface area contributed by atoms with E-state index in [0.29, 0.717) is 28.5 Å². The van der Waals surface area contributed by atoms with E-state index in [-0.39, 0.29) is 24.1 Å². The number of benzene rings is 2. The molecule has 0 saturated heterocycles. The molecule has 0 aliphatic rings. The topological polar surface area (TPSA) is 90.5 Å². The van der Waals surface area contributed by atoms with Crippen LogP contribution in [0.15, 0.2) is 59.7 Å². The minimum atomic E-state index is -0.212. The van der Waals surface area contributed by atoms with Crippen LogP contribution in [0.3, 0.4) is 0 Å². The summed E-state index contributed by atoms with van der Waals surface area (Å²) in [6.07, 6.45) is 1.60. The first-order chi connectivity index (χ1) is 15.3. The van der Waals surface area contributed by atoms with Gasteiger partial charge in [0, 0.05) is 29.4 Å². The van der Waals surface area contributed by atoms with Crippen molar-refractivity contribution >= 4 is 17.4 Å². The number of fused-ring (bicyclic) bond motifs is 1. The van der Waals surface area contributed by atoms with E-state index in [1.165, 1.54) is 10.6 Å². The highest BCUT2D eigenvalue weighted by Gasteiger charge is 2.12. The Labute approximate surface area is 185 Å². The number of ether oxygens (including phenoxy) is 1. The zero-order chi connectivity index (χ0) is 22.8. The van der Waals surface area contributed by atoms with Crippen molar-refractivity contribution in [1.29, 1.82) is 0 Å². The Balaban J connectivity index is 1.51. The third kappa shape index (κ3) is 4.39. The lowest BCUT2D eigenvalue weighted by atomic mass is 10.1. The van der Waals surface area contributed by atoms with Crippen molar-refractivity contribution in [3.8, 4) is 5.75 Å². The number of carbonyl (C=O) groups excluding carboxylic acids is 1. The molecule has 2 aromatic heterocycles. The van der Waals surface area contributed by atoms with E-state index in [1.54, 1.807) is 23.1 Å². The van der Waals surface area contributed by atoms with E-state index in [4.69, 9.17) is 4.74 Å². The summed E-state index contributed by atoms with van der Waals surface area (Å²) in [5.74, 6) is 0.742. The lowest BCUT2D eigenvalue weighted by Crippen LogP contribution is -2.23. The van der Waals surface area contributed by atoms with Gasteiger partial charge >= 0.3 is 0 Å². The van der Waals surface area contributed by atoms with Crippen LogP contribution in [-0.2, 0) is 6.61 Å². The molecule has 4 rings (SSSR count). The molecule has 0 radical (unpaired) electrons. The van der Waals surface area contributed by atoms with Crippen molar-refractivity contribution < 1.29 is 9.53 Å². The zero-order valence-electron chi connectivity index (χ0n) is 18.5. The Kier molecular flexibility index (Phi) is 5.77. The molecule has 2 heterocycles. The number of hydrogen-bond donors (Lipinski definition) is 1. The number of nitrogens with one attached hydrogen (secondary N) is 1. The first-order valence-corrected chi connectivity index (χ1v) is 10.4. The van der Waals surface area contributed by atoms with Crippen molar-refractivity contribution in [2.75, 3.05) is 5.32 Å². The average molecular weight is 431 g/mol. The van der Waals surface area contributed by atoms with Crippen molar-refractivity contribution in [1.82, 2.24) is 19.2 Å². The number of amides is 1. The fourth-order valence-electron chi connectivity index (χ4n) is 3.39. The van der Waals surface area contributed by atoms with Gasteiger partial charge in [-0.3, -0.25) is 14.3 Å². The second-order valence-corrected chi connectivity index (χ2v) is 8.01. The maximum atomic E-state index is 12.6. The van der Waals surface area contributed by atoms with E-state index in [0.717, 1.165) is 11.1 Å². The van der Waals surface area contributed by atoms with Gasteiger partial charge in [0.2, 0.25) is 0 Å². The van der Waals surface area contributed by atoms with Crippen LogP contribution in [0.5, 0.6) is 5.75 Å². The van der Waals surface area contributed by atoms with Gasteiger partial charge in [-0.05, 0) is 51.5 Å². The summed E-state index contributed by atoms with van der Waals surface area (Å²) in [5.41, 5.74) is 3.40. The molecule has 0 saturated carbocycles. The fraction of sp³-hybridized carbons (Fsp3) is 0.250. The van der Waals surface area contributed by atoms with Gasteiger partial charge in [0.05, 0.1) is 5.69 Å². The predicted octanol–water partition coefficient (Wildman–Crippen LogP) is 3.92. The van der Waals surface area contributed by atoms with Crippen molar-refractivity contribution in [2.45, 2.75) is 40.3 Å². The molecule has 4 aromatic rings. The fourth-order valence-corrected chi connectivity index (χ4v) is 3.39. The number of rotatable bonds is 6. The number of carbonyl (C=O) groups is 1. The van der Waals surface area contributed by atoms with Crippen molar-refractivity contribution in [2.24, 2.45) is 0 Å². The van der Waals surface area contributed by atoms with E-state index in [9.17, 15) is 9.59 Å². The Morgan fingerprint density at radius 1 is 1.12 bits per heavy atom. The molecule has 0 atom stereocenters. The number of nitrogens with zero attached hydrogens (tertiary/aromatic N) is 4. The number of aryl methyl sites for hydroxylation is 2. The minimum Gasteiger partial charge on any atom is -0.487 e. The Bertz CT molecular complexity index is 1350. The SMILES string of the molecule is Cc1cccc(C(=O)Nc2ccc(C)c(OCc3cc(=O)n4c(ncn4C(C)C)n3)c2)c1. The van der Waals surface area contributed by atoms with Crippen molar-refractivity contribution in [3.63, 3.8) is 0 Å². The molecule has 0 aliphatic heterocycles. The summed E-state index contributed by atoms with van der Waals surface area (Å²) in [6.45, 7) is 7.91. The highest BCUT2D eigenvalue weighted by atomic mass is 16.5. The first-order valence-electron chi connectivity index (χ1n) is 10.4. The van der Waals surface area contributed by atoms with E-state index >= 15 is 0 Å². The smallest absolute Gasteiger partial charge is 0.274 e. The van der Waals surface area contributed by atoms with Gasteiger partial charge in [0.25, 0.3) is 17.2 Å². The molecular weight excluding hydrogens is 406 g/mol. The normalized spacial score (nSPS) is 11.2. The summed E-state index contributed by atoms with van der Waals surface area (Å²) in [6, 6.07) is 14.4. The largest absolute Gasteiger partial charge is 0.487 e. The van der Waals surface area contributed by atoms with Crippen LogP contribution < -0.4 is 15.6 Å². The first kappa shape index (κ1) is 21.3. The summed E-state index contributed by atoms with van der Waals surface area (Å²) in [5, 5.41) is 2.90. The van der Waals surface area contributed by atoms with E-state index < -0.39 is 0 Å². The molecule has 1 amide bonds. The van der Waals surface area contributed by atoms with Crippen LogP contribution >= 0.6 is 0 Å². The maximum absolute atomic E-state index is 12.6. The summed E-state index contributed by atoms with van der Waals surface area (Å²) < 4.78 is 9.11. The second kappa shape index (κ2) is 8.66. The van der Waals surface area contributed by atoms with Crippen LogP contribution in [0.25, 0.3) is 5.78 Å². The summed E-state index contributed by atoms with van der Waals surface area (Å²) >= 11 is 0. The Hall–Kier alpha value is -3.94. The Morgan fingerprint density at radius 2 is 1.94 bits per heavy atom. The molecule has 2 aromatic carbocycles. The van der Waals surface area contributed by atoms with E-state index in [2.05, 4.69) is 15.3 Å². The number of hydrogen-bond acceptors (Lipinski definition) is 5. The average Bonchev–Trinajstić information content (AvgIpc) is 3.19. The van der Waals surface area contributed by atoms with Gasteiger partial charge in [-0.15, -0.1) is 0 Å². The predicted molar refractivity (Wildman–Crippen MR) is 122 cm³/mol. The van der Waals surface area contributed by atoms with Crippen LogP contribution in [0.1, 0.15) is 47.1 Å². The standard InChI is InChI=1S/C24H25N5O3/c1-15(2)28-14-25-24-27-20(12-22(30)29(24)28)13-32-21-11-19(9-8-17(21)4)26-23(31)18-7-5-6-16(3)10-18/h5-12,14-15H,13H2,1-4H3,(H,26,31). The summed E-state index contributed by atoms with van der Waals surface area (Å²) in [7, 11) is 0. The maximum Gasteiger partial charge on any atom is 0.274 e. The third-order valence-corrected chi connectivity index (χ3v) is 5.09. The monoisotopic (exact) mass is 431 g/mol. The quantitative estimate of drug-likeness (QED) is 0.500. The minimum absolute atomic E-state index is 0.0852. The number of aromatic nitrogens is 4. The van der Waals surface area contributed by atoms with E-state index in [1.807, 2.05) is 58.0 Å². The van der Waals surface area contributed by atoms with Gasteiger partial charge in [-0.25, -0.2) is 4.98 Å². The lowest BCUT2D eigenvalue weighted by molar-refractivity contribution is 0.102. The molecule has 0 unspecified atom stereocenters. The molecule has 0 aliphatic carbocycles. The highest BCUT2D eigenvalue weighted by Crippen LogP contribution is 2.24. The summed E-state index contributed by atoms with van der Waals surface area (Å²) in [4.78, 5) is 33.8. The molecule has 164 valence electrons. The molecule has 32 heavy (non-hydrogen) atoms. The molecular formula is C24H25N5O3. The molecule has 0 fully saturated rings. The Morgan fingerprint density at radius 3 is 2.69 bits per heavy atom. The zero-order valence-corrected chi connectivity index (χ0v) is 18.5. The molecule has 8 nitrogen and oxygen atoms in total. The second-order valence-electron chi connectivity index (χ2n) is 8.01. The lowest BCUT2D eigenvalue weighted by Gasteiger charge is -2.12. The molecule has 1 N–H and O–H groups in total. The number of anilines is 1. The van der Waals surface area contributed by atoms with Gasteiger partial charge < -0.3 is 10.1 Å². The van der Waals surface area contributed by atoms with Crippen LogP contribution in [-0.4, -0.2) is 25.1 Å². The van der Waals surface area contributed by atoms with Gasteiger partial charge in [-0.1, -0.05) is 23.8 Å². The van der Waals surface area contributed by atoms with Crippen molar-refractivity contribution in [3.05, 3.63) is 87.6 Å². The molecule has 0 bridgehead atoms. The molecule has 0 spiro atoms. The van der Waals surface area contributed by atoms with Crippen LogP contribution in [0, 0.1) is 13.8 Å². The third-order valence-electron chi connectivity index (χ3n) is 5.09. The van der Waals surface area contributed by atoms with Gasteiger partial charge in [0.15, 0.2) is 0 Å². The van der Waals surface area contributed by atoms with Gasteiger partial charge in [0.1, 0.15) is 18.7 Å².